The maximum absolute atomic E-state index is 12.8. The highest BCUT2D eigenvalue weighted by molar-refractivity contribution is 5.92. The summed E-state index contributed by atoms with van der Waals surface area (Å²) in [4.78, 5) is 14.3. The van der Waals surface area contributed by atoms with Crippen molar-refractivity contribution in [2.45, 2.75) is 25.3 Å². The van der Waals surface area contributed by atoms with Crippen LogP contribution in [0, 0.1) is 5.82 Å². The number of anilines is 1. The molecule has 1 atom stereocenters. The number of halogens is 1. The largest absolute Gasteiger partial charge is 0.325 e. The molecule has 2 rings (SSSR count). The van der Waals surface area contributed by atoms with Gasteiger partial charge in [-0.2, -0.15) is 0 Å². The van der Waals surface area contributed by atoms with Crippen LogP contribution in [-0.4, -0.2) is 43.5 Å². The molecule has 0 aromatic heterocycles. The lowest BCUT2D eigenvalue weighted by Crippen LogP contribution is -2.47. The van der Waals surface area contributed by atoms with Gasteiger partial charge in [0.25, 0.3) is 0 Å². The van der Waals surface area contributed by atoms with Gasteiger partial charge in [0, 0.05) is 18.3 Å². The zero-order valence-electron chi connectivity index (χ0n) is 11.9. The Morgan fingerprint density at radius 2 is 2.10 bits per heavy atom. The summed E-state index contributed by atoms with van der Waals surface area (Å²) in [6.45, 7) is 2.26. The molecule has 1 aromatic carbocycles. The van der Waals surface area contributed by atoms with E-state index >= 15 is 0 Å². The maximum atomic E-state index is 12.8. The minimum atomic E-state index is -0.298. The van der Waals surface area contributed by atoms with Gasteiger partial charge in [-0.3, -0.25) is 9.69 Å². The number of benzene rings is 1. The van der Waals surface area contributed by atoms with Crippen molar-refractivity contribution in [1.82, 2.24) is 10.2 Å². The number of piperidine rings is 1. The molecule has 0 aliphatic carbocycles. The molecule has 0 bridgehead atoms. The fourth-order valence-corrected chi connectivity index (χ4v) is 2.65. The van der Waals surface area contributed by atoms with Gasteiger partial charge in [-0.15, -0.1) is 0 Å². The molecule has 1 aliphatic heterocycles. The molecule has 1 amide bonds. The van der Waals surface area contributed by atoms with Gasteiger partial charge in [0.1, 0.15) is 5.82 Å². The molecule has 0 saturated carbocycles. The van der Waals surface area contributed by atoms with E-state index in [9.17, 15) is 9.18 Å². The van der Waals surface area contributed by atoms with Crippen molar-refractivity contribution in [3.63, 3.8) is 0 Å². The summed E-state index contributed by atoms with van der Waals surface area (Å²) in [6.07, 6.45) is 3.50. The molecule has 5 heteroatoms. The fourth-order valence-electron chi connectivity index (χ4n) is 2.65. The standard InChI is InChI=1S/C15H22FN3O/c1-17-10-14-4-2-3-9-19(14)11-15(20)18-13-7-5-12(16)6-8-13/h5-8,14,17H,2-4,9-11H2,1H3,(H,18,20). The molecule has 1 fully saturated rings. The first kappa shape index (κ1) is 14.9. The summed E-state index contributed by atoms with van der Waals surface area (Å²) in [6, 6.07) is 6.27. The summed E-state index contributed by atoms with van der Waals surface area (Å²) in [7, 11) is 1.94. The van der Waals surface area contributed by atoms with E-state index in [1.165, 1.54) is 18.6 Å². The van der Waals surface area contributed by atoms with Crippen molar-refractivity contribution in [3.05, 3.63) is 30.1 Å². The summed E-state index contributed by atoms with van der Waals surface area (Å²) in [5, 5.41) is 5.99. The summed E-state index contributed by atoms with van der Waals surface area (Å²) in [5.41, 5.74) is 0.638. The molecule has 4 nitrogen and oxygen atoms in total. The number of amides is 1. The monoisotopic (exact) mass is 279 g/mol. The second-order valence-corrected chi connectivity index (χ2v) is 5.23. The molecule has 2 N–H and O–H groups in total. The number of carbonyl (C=O) groups is 1. The third-order valence-electron chi connectivity index (χ3n) is 3.66. The number of nitrogens with zero attached hydrogens (tertiary/aromatic N) is 1. The van der Waals surface area contributed by atoms with E-state index in [2.05, 4.69) is 15.5 Å². The topological polar surface area (TPSA) is 44.4 Å². The lowest BCUT2D eigenvalue weighted by molar-refractivity contribution is -0.118. The average molecular weight is 279 g/mol. The number of likely N-dealkylation sites (N-methyl/N-ethyl adjacent to an activating group) is 1. The van der Waals surface area contributed by atoms with E-state index < -0.39 is 0 Å². The van der Waals surface area contributed by atoms with Crippen molar-refractivity contribution in [1.29, 1.82) is 0 Å². The summed E-state index contributed by atoms with van der Waals surface area (Å²) >= 11 is 0. The lowest BCUT2D eigenvalue weighted by atomic mass is 10.0. The number of nitrogens with one attached hydrogen (secondary N) is 2. The van der Waals surface area contributed by atoms with E-state index in [-0.39, 0.29) is 11.7 Å². The first-order valence-corrected chi connectivity index (χ1v) is 7.13. The fraction of sp³-hybridized carbons (Fsp3) is 0.533. The van der Waals surface area contributed by atoms with E-state index in [0.717, 1.165) is 25.9 Å². The van der Waals surface area contributed by atoms with Crippen molar-refractivity contribution in [3.8, 4) is 0 Å². The maximum Gasteiger partial charge on any atom is 0.238 e. The Kier molecular flexibility index (Phi) is 5.49. The predicted molar refractivity (Wildman–Crippen MR) is 78.2 cm³/mol. The van der Waals surface area contributed by atoms with Crippen LogP contribution in [0.4, 0.5) is 10.1 Å². The molecular weight excluding hydrogens is 257 g/mol. The third kappa shape index (κ3) is 4.28. The normalized spacial score (nSPS) is 19.8. The Hall–Kier alpha value is -1.46. The third-order valence-corrected chi connectivity index (χ3v) is 3.66. The first-order chi connectivity index (χ1) is 9.69. The van der Waals surface area contributed by atoms with Crippen LogP contribution < -0.4 is 10.6 Å². The van der Waals surface area contributed by atoms with Gasteiger partial charge in [-0.25, -0.2) is 4.39 Å². The molecule has 20 heavy (non-hydrogen) atoms. The van der Waals surface area contributed by atoms with Crippen LogP contribution in [-0.2, 0) is 4.79 Å². The van der Waals surface area contributed by atoms with Crippen LogP contribution >= 0.6 is 0 Å². The predicted octanol–water partition coefficient (Wildman–Crippen LogP) is 1.84. The zero-order chi connectivity index (χ0) is 14.4. The van der Waals surface area contributed by atoms with Crippen LogP contribution in [0.15, 0.2) is 24.3 Å². The first-order valence-electron chi connectivity index (χ1n) is 7.13. The highest BCUT2D eigenvalue weighted by Gasteiger charge is 2.23. The van der Waals surface area contributed by atoms with E-state index in [4.69, 9.17) is 0 Å². The highest BCUT2D eigenvalue weighted by Crippen LogP contribution is 2.16. The smallest absolute Gasteiger partial charge is 0.238 e. The van der Waals surface area contributed by atoms with Gasteiger partial charge >= 0.3 is 0 Å². The Morgan fingerprint density at radius 3 is 2.80 bits per heavy atom. The Morgan fingerprint density at radius 1 is 1.35 bits per heavy atom. The molecule has 1 aromatic rings. The summed E-state index contributed by atoms with van der Waals surface area (Å²) in [5.74, 6) is -0.340. The molecular formula is C15H22FN3O. The van der Waals surface area contributed by atoms with Crippen LogP contribution in [0.1, 0.15) is 19.3 Å². The Labute approximate surface area is 119 Å². The van der Waals surface area contributed by atoms with Crippen molar-refractivity contribution in [2.24, 2.45) is 0 Å². The van der Waals surface area contributed by atoms with Gasteiger partial charge in [-0.05, 0) is 50.7 Å². The molecule has 0 radical (unpaired) electrons. The lowest BCUT2D eigenvalue weighted by Gasteiger charge is -2.35. The van der Waals surface area contributed by atoms with E-state index in [1.54, 1.807) is 12.1 Å². The Balaban J connectivity index is 1.87. The second-order valence-electron chi connectivity index (χ2n) is 5.23. The van der Waals surface area contributed by atoms with Crippen molar-refractivity contribution < 1.29 is 9.18 Å². The van der Waals surface area contributed by atoms with E-state index in [1.807, 2.05) is 7.05 Å². The van der Waals surface area contributed by atoms with Gasteiger partial charge in [0.15, 0.2) is 0 Å². The van der Waals surface area contributed by atoms with Crippen molar-refractivity contribution >= 4 is 11.6 Å². The number of likely N-dealkylation sites (tertiary alicyclic amines) is 1. The molecule has 1 saturated heterocycles. The number of hydrogen-bond donors (Lipinski definition) is 2. The number of rotatable bonds is 5. The molecule has 110 valence electrons. The number of hydrogen-bond acceptors (Lipinski definition) is 3. The molecule has 1 aliphatic rings. The van der Waals surface area contributed by atoms with Crippen LogP contribution in [0.2, 0.25) is 0 Å². The average Bonchev–Trinajstić information content (AvgIpc) is 2.44. The SMILES string of the molecule is CNCC1CCCCN1CC(=O)Nc1ccc(F)cc1. The highest BCUT2D eigenvalue weighted by atomic mass is 19.1. The Bertz CT molecular complexity index is 433. The van der Waals surface area contributed by atoms with Gasteiger partial charge in [-0.1, -0.05) is 6.42 Å². The van der Waals surface area contributed by atoms with Crippen LogP contribution in [0.5, 0.6) is 0 Å². The second kappa shape index (κ2) is 7.36. The van der Waals surface area contributed by atoms with Crippen molar-refractivity contribution in [2.75, 3.05) is 32.0 Å². The minimum Gasteiger partial charge on any atom is -0.325 e. The van der Waals surface area contributed by atoms with Gasteiger partial charge in [0.2, 0.25) is 5.91 Å². The van der Waals surface area contributed by atoms with Gasteiger partial charge in [0.05, 0.1) is 6.54 Å². The molecule has 0 spiro atoms. The van der Waals surface area contributed by atoms with Gasteiger partial charge < -0.3 is 10.6 Å². The summed E-state index contributed by atoms with van der Waals surface area (Å²) < 4.78 is 12.8. The zero-order valence-corrected chi connectivity index (χ0v) is 11.9. The quantitative estimate of drug-likeness (QED) is 0.864. The van der Waals surface area contributed by atoms with Crippen LogP contribution in [0.3, 0.4) is 0 Å². The van der Waals surface area contributed by atoms with Crippen LogP contribution in [0.25, 0.3) is 0 Å². The molecule has 1 unspecified atom stereocenters. The minimum absolute atomic E-state index is 0.0420. The number of carbonyl (C=O) groups excluding carboxylic acids is 1. The van der Waals surface area contributed by atoms with E-state index in [0.29, 0.717) is 18.3 Å². The molecule has 1 heterocycles.